The molecule has 0 spiro atoms. The molecule has 1 atom stereocenters. The average molecular weight is 266 g/mol. The number of methoxy groups -OCH3 is 1. The minimum Gasteiger partial charge on any atom is -0.392 e. The van der Waals surface area contributed by atoms with Gasteiger partial charge in [0, 0.05) is 31.0 Å². The van der Waals surface area contributed by atoms with Crippen molar-refractivity contribution in [1.82, 2.24) is 4.98 Å². The lowest BCUT2D eigenvalue weighted by Crippen LogP contribution is -2.37. The van der Waals surface area contributed by atoms with E-state index < -0.39 is 0 Å². The van der Waals surface area contributed by atoms with E-state index in [1.165, 1.54) is 0 Å². The Kier molecular flexibility index (Phi) is 6.25. The fraction of sp³-hybridized carbons (Fsp3) is 0.667. The van der Waals surface area contributed by atoms with Crippen LogP contribution in [-0.2, 0) is 11.3 Å². The molecule has 1 aromatic rings. The summed E-state index contributed by atoms with van der Waals surface area (Å²) >= 11 is 0. The molecule has 1 N–H and O–H groups in total. The normalized spacial score (nSPS) is 12.5. The van der Waals surface area contributed by atoms with Crippen molar-refractivity contribution in [2.45, 2.75) is 46.8 Å². The third kappa shape index (κ3) is 3.91. The van der Waals surface area contributed by atoms with E-state index in [1.807, 2.05) is 19.9 Å². The van der Waals surface area contributed by atoms with Gasteiger partial charge in [0.15, 0.2) is 0 Å². The lowest BCUT2D eigenvalue weighted by molar-refractivity contribution is 0.202. The molecule has 0 saturated carbocycles. The summed E-state index contributed by atoms with van der Waals surface area (Å²) < 4.78 is 5.19. The van der Waals surface area contributed by atoms with Gasteiger partial charge >= 0.3 is 0 Å². The second kappa shape index (κ2) is 7.46. The Morgan fingerprint density at radius 2 is 2.11 bits per heavy atom. The first kappa shape index (κ1) is 15.9. The molecule has 4 heteroatoms. The second-order valence-electron chi connectivity index (χ2n) is 4.98. The van der Waals surface area contributed by atoms with Crippen LogP contribution in [0.25, 0.3) is 0 Å². The van der Waals surface area contributed by atoms with E-state index in [2.05, 4.69) is 23.7 Å². The Labute approximate surface area is 116 Å². The second-order valence-corrected chi connectivity index (χ2v) is 4.98. The highest BCUT2D eigenvalue weighted by molar-refractivity contribution is 5.52. The van der Waals surface area contributed by atoms with Gasteiger partial charge in [-0.25, -0.2) is 4.98 Å². The number of anilines is 1. The molecule has 4 nitrogen and oxygen atoms in total. The lowest BCUT2D eigenvalue weighted by Gasteiger charge is -2.31. The number of aliphatic hydroxyl groups excluding tert-OH is 1. The zero-order valence-electron chi connectivity index (χ0n) is 12.7. The number of pyridine rings is 1. The van der Waals surface area contributed by atoms with Crippen LogP contribution in [0.1, 0.15) is 37.1 Å². The van der Waals surface area contributed by atoms with E-state index in [1.54, 1.807) is 7.11 Å². The molecule has 0 aliphatic rings. The predicted molar refractivity (Wildman–Crippen MR) is 78.6 cm³/mol. The van der Waals surface area contributed by atoms with Crippen molar-refractivity contribution >= 4 is 5.82 Å². The van der Waals surface area contributed by atoms with Crippen LogP contribution in [0.2, 0.25) is 0 Å². The van der Waals surface area contributed by atoms with Gasteiger partial charge in [-0.2, -0.15) is 0 Å². The van der Waals surface area contributed by atoms with Gasteiger partial charge in [-0.1, -0.05) is 6.92 Å². The summed E-state index contributed by atoms with van der Waals surface area (Å²) in [6.45, 7) is 9.81. The third-order valence-electron chi connectivity index (χ3n) is 3.54. The Hall–Kier alpha value is -1.13. The third-order valence-corrected chi connectivity index (χ3v) is 3.54. The van der Waals surface area contributed by atoms with Crippen molar-refractivity contribution in [3.8, 4) is 0 Å². The van der Waals surface area contributed by atoms with E-state index in [-0.39, 0.29) is 6.61 Å². The lowest BCUT2D eigenvalue weighted by atomic mass is 10.1. The smallest absolute Gasteiger partial charge is 0.134 e. The SMILES string of the molecule is CCC(C)N(CCOC)c1nc(C)cc(C)c1CO. The van der Waals surface area contributed by atoms with Crippen molar-refractivity contribution in [1.29, 1.82) is 0 Å². The van der Waals surface area contributed by atoms with Gasteiger partial charge in [-0.05, 0) is 38.8 Å². The van der Waals surface area contributed by atoms with E-state index in [9.17, 15) is 5.11 Å². The topological polar surface area (TPSA) is 45.6 Å². The van der Waals surface area contributed by atoms with Crippen LogP contribution in [0, 0.1) is 13.8 Å². The fourth-order valence-electron chi connectivity index (χ4n) is 2.22. The quantitative estimate of drug-likeness (QED) is 0.823. The van der Waals surface area contributed by atoms with Crippen molar-refractivity contribution in [3.63, 3.8) is 0 Å². The molecule has 1 heterocycles. The molecule has 0 bridgehead atoms. The number of aromatic nitrogens is 1. The molecule has 0 aromatic carbocycles. The summed E-state index contributed by atoms with van der Waals surface area (Å²) in [5, 5.41) is 9.62. The number of hydrogen-bond donors (Lipinski definition) is 1. The van der Waals surface area contributed by atoms with E-state index in [0.717, 1.165) is 35.6 Å². The minimum atomic E-state index is 0.0222. The van der Waals surface area contributed by atoms with Crippen LogP contribution in [-0.4, -0.2) is 36.4 Å². The van der Waals surface area contributed by atoms with Crippen molar-refractivity contribution in [2.24, 2.45) is 0 Å². The maximum absolute atomic E-state index is 9.62. The van der Waals surface area contributed by atoms with Gasteiger partial charge < -0.3 is 14.7 Å². The van der Waals surface area contributed by atoms with Gasteiger partial charge in [0.2, 0.25) is 0 Å². The Morgan fingerprint density at radius 3 is 2.63 bits per heavy atom. The Balaban J connectivity index is 3.19. The number of ether oxygens (including phenoxy) is 1. The molecule has 0 amide bonds. The summed E-state index contributed by atoms with van der Waals surface area (Å²) in [5.41, 5.74) is 2.99. The highest BCUT2D eigenvalue weighted by atomic mass is 16.5. The van der Waals surface area contributed by atoms with Crippen LogP contribution in [0.4, 0.5) is 5.82 Å². The summed E-state index contributed by atoms with van der Waals surface area (Å²) in [4.78, 5) is 6.87. The van der Waals surface area contributed by atoms with Gasteiger partial charge in [0.1, 0.15) is 5.82 Å². The van der Waals surface area contributed by atoms with Crippen molar-refractivity contribution < 1.29 is 9.84 Å². The molecule has 1 rings (SSSR count). The van der Waals surface area contributed by atoms with Gasteiger partial charge in [0.25, 0.3) is 0 Å². The Bertz CT molecular complexity index is 407. The number of hydrogen-bond acceptors (Lipinski definition) is 4. The molecule has 1 aromatic heterocycles. The largest absolute Gasteiger partial charge is 0.392 e. The van der Waals surface area contributed by atoms with E-state index in [0.29, 0.717) is 12.6 Å². The summed E-state index contributed by atoms with van der Waals surface area (Å²) in [6.07, 6.45) is 1.03. The molecular formula is C15H26N2O2. The van der Waals surface area contributed by atoms with Crippen molar-refractivity contribution in [3.05, 3.63) is 22.9 Å². The van der Waals surface area contributed by atoms with E-state index in [4.69, 9.17) is 4.74 Å². The molecular weight excluding hydrogens is 240 g/mol. The first-order valence-electron chi connectivity index (χ1n) is 6.88. The molecule has 0 aliphatic heterocycles. The standard InChI is InChI=1S/C15H26N2O2/c1-6-13(4)17(7-8-19-5)15-14(10-18)11(2)9-12(3)16-15/h9,13,18H,6-8,10H2,1-5H3. The zero-order valence-corrected chi connectivity index (χ0v) is 12.7. The maximum atomic E-state index is 9.62. The van der Waals surface area contributed by atoms with Crippen LogP contribution in [0.3, 0.4) is 0 Å². The van der Waals surface area contributed by atoms with Crippen LogP contribution in [0.15, 0.2) is 6.07 Å². The minimum absolute atomic E-state index is 0.0222. The van der Waals surface area contributed by atoms with Crippen LogP contribution >= 0.6 is 0 Å². The highest BCUT2D eigenvalue weighted by Crippen LogP contribution is 2.25. The summed E-state index contributed by atoms with van der Waals surface area (Å²) in [5.74, 6) is 0.895. The molecule has 108 valence electrons. The highest BCUT2D eigenvalue weighted by Gasteiger charge is 2.19. The number of rotatable bonds is 7. The van der Waals surface area contributed by atoms with Crippen LogP contribution < -0.4 is 4.90 Å². The van der Waals surface area contributed by atoms with Crippen LogP contribution in [0.5, 0.6) is 0 Å². The first-order chi connectivity index (χ1) is 9.04. The molecule has 19 heavy (non-hydrogen) atoms. The summed E-state index contributed by atoms with van der Waals surface area (Å²) in [6, 6.07) is 2.38. The first-order valence-corrected chi connectivity index (χ1v) is 6.88. The molecule has 0 saturated heterocycles. The summed E-state index contributed by atoms with van der Waals surface area (Å²) in [7, 11) is 1.71. The average Bonchev–Trinajstić information content (AvgIpc) is 2.38. The number of aryl methyl sites for hydroxylation is 2. The monoisotopic (exact) mass is 266 g/mol. The fourth-order valence-corrected chi connectivity index (χ4v) is 2.22. The Morgan fingerprint density at radius 1 is 1.42 bits per heavy atom. The van der Waals surface area contributed by atoms with Gasteiger partial charge in [0.05, 0.1) is 13.2 Å². The van der Waals surface area contributed by atoms with Crippen molar-refractivity contribution in [2.75, 3.05) is 25.2 Å². The number of aliphatic hydroxyl groups is 1. The van der Waals surface area contributed by atoms with Gasteiger partial charge in [-0.3, -0.25) is 0 Å². The maximum Gasteiger partial charge on any atom is 0.134 e. The molecule has 0 aliphatic carbocycles. The van der Waals surface area contributed by atoms with Gasteiger partial charge in [-0.15, -0.1) is 0 Å². The zero-order chi connectivity index (χ0) is 14.4. The predicted octanol–water partition coefficient (Wildman–Crippen LogP) is 2.44. The van der Waals surface area contributed by atoms with E-state index >= 15 is 0 Å². The molecule has 0 radical (unpaired) electrons. The molecule has 1 unspecified atom stereocenters. The number of nitrogens with zero attached hydrogens (tertiary/aromatic N) is 2. The molecule has 0 fully saturated rings.